The van der Waals surface area contributed by atoms with Crippen molar-refractivity contribution in [3.8, 4) is 5.88 Å². The Bertz CT molecular complexity index is 897. The van der Waals surface area contributed by atoms with Crippen molar-refractivity contribution < 1.29 is 9.90 Å². The van der Waals surface area contributed by atoms with Crippen LogP contribution in [0.3, 0.4) is 0 Å². The molecule has 0 aliphatic heterocycles. The summed E-state index contributed by atoms with van der Waals surface area (Å²) in [5.74, 6) is -1.00. The van der Waals surface area contributed by atoms with Crippen LogP contribution in [-0.2, 0) is 14.1 Å². The van der Waals surface area contributed by atoms with Gasteiger partial charge in [-0.15, -0.1) is 0 Å². The molecule has 1 amide bonds. The maximum Gasteiger partial charge on any atom is 0.333 e. The first-order valence-corrected chi connectivity index (χ1v) is 7.20. The monoisotopic (exact) mass is 380 g/mol. The van der Waals surface area contributed by atoms with Crippen molar-refractivity contribution in [3.05, 3.63) is 60.7 Å². The number of aromatic hydroxyl groups is 1. The molecular formula is C14H13BrN4O4. The molecule has 0 spiro atoms. The summed E-state index contributed by atoms with van der Waals surface area (Å²) < 4.78 is 2.56. The van der Waals surface area contributed by atoms with Crippen LogP contribution >= 0.6 is 15.9 Å². The summed E-state index contributed by atoms with van der Waals surface area (Å²) in [5, 5.41) is 13.5. The van der Waals surface area contributed by atoms with E-state index in [-0.39, 0.29) is 5.56 Å². The van der Waals surface area contributed by atoms with Crippen LogP contribution in [0.15, 0.2) is 43.4 Å². The van der Waals surface area contributed by atoms with Gasteiger partial charge in [-0.05, 0) is 24.3 Å². The maximum absolute atomic E-state index is 11.9. The number of hydrogen-bond donors (Lipinski definition) is 2. The number of benzene rings is 1. The Morgan fingerprint density at radius 1 is 1.22 bits per heavy atom. The highest BCUT2D eigenvalue weighted by Crippen LogP contribution is 2.10. The maximum atomic E-state index is 11.9. The second kappa shape index (κ2) is 6.61. The van der Waals surface area contributed by atoms with Crippen LogP contribution < -0.4 is 16.7 Å². The molecule has 2 N–H and O–H groups in total. The first kappa shape index (κ1) is 16.7. The lowest BCUT2D eigenvalue weighted by molar-refractivity contribution is 0.0955. The fraction of sp³-hybridized carbons (Fsp3) is 0.143. The van der Waals surface area contributed by atoms with Gasteiger partial charge in [-0.3, -0.25) is 18.7 Å². The normalized spacial score (nSPS) is 10.9. The highest BCUT2D eigenvalue weighted by molar-refractivity contribution is 9.10. The molecule has 0 fully saturated rings. The van der Waals surface area contributed by atoms with Gasteiger partial charge in [0.25, 0.3) is 11.5 Å². The van der Waals surface area contributed by atoms with Gasteiger partial charge in [0.15, 0.2) is 0 Å². The van der Waals surface area contributed by atoms with E-state index >= 15 is 0 Å². The van der Waals surface area contributed by atoms with Crippen molar-refractivity contribution in [1.29, 1.82) is 0 Å². The van der Waals surface area contributed by atoms with E-state index in [9.17, 15) is 19.5 Å². The molecule has 0 radical (unpaired) electrons. The topological polar surface area (TPSA) is 106 Å². The fourth-order valence-corrected chi connectivity index (χ4v) is 2.06. The third-order valence-electron chi connectivity index (χ3n) is 3.13. The Kier molecular flexibility index (Phi) is 4.80. The highest BCUT2D eigenvalue weighted by atomic mass is 79.9. The number of aromatic nitrogens is 2. The van der Waals surface area contributed by atoms with Gasteiger partial charge in [0.05, 0.1) is 6.21 Å². The zero-order chi connectivity index (χ0) is 17.1. The van der Waals surface area contributed by atoms with E-state index in [1.54, 1.807) is 24.3 Å². The molecule has 2 aromatic rings. The molecule has 8 nitrogen and oxygen atoms in total. The van der Waals surface area contributed by atoms with Crippen molar-refractivity contribution >= 4 is 28.1 Å². The molecule has 1 heterocycles. The Hall–Kier alpha value is -2.68. The van der Waals surface area contributed by atoms with Crippen molar-refractivity contribution in [1.82, 2.24) is 14.6 Å². The van der Waals surface area contributed by atoms with Gasteiger partial charge in [0.2, 0.25) is 5.88 Å². The minimum absolute atomic E-state index is 0.203. The zero-order valence-corrected chi connectivity index (χ0v) is 13.9. The van der Waals surface area contributed by atoms with E-state index in [1.165, 1.54) is 14.1 Å². The molecule has 120 valence electrons. The second-order valence-corrected chi connectivity index (χ2v) is 5.56. The van der Waals surface area contributed by atoms with E-state index in [4.69, 9.17) is 0 Å². The molecule has 1 aromatic carbocycles. The average Bonchev–Trinajstić information content (AvgIpc) is 2.54. The largest absolute Gasteiger partial charge is 0.494 e. The second-order valence-electron chi connectivity index (χ2n) is 4.65. The Morgan fingerprint density at radius 3 is 2.43 bits per heavy atom. The number of nitrogens with zero attached hydrogens (tertiary/aromatic N) is 3. The van der Waals surface area contributed by atoms with Gasteiger partial charge in [-0.1, -0.05) is 15.9 Å². The SMILES string of the molecule is Cn1c(O)c(C=NNC(=O)c2ccc(Br)cc2)c(=O)n(C)c1=O. The molecule has 2 rings (SSSR count). The number of carbonyl (C=O) groups excluding carboxylic acids is 1. The van der Waals surface area contributed by atoms with Crippen LogP contribution in [0.2, 0.25) is 0 Å². The van der Waals surface area contributed by atoms with E-state index in [1.807, 2.05) is 0 Å². The third kappa shape index (κ3) is 3.39. The molecule has 0 aliphatic carbocycles. The molecule has 0 saturated heterocycles. The summed E-state index contributed by atoms with van der Waals surface area (Å²) in [6.45, 7) is 0. The van der Waals surface area contributed by atoms with Crippen LogP contribution in [0.1, 0.15) is 15.9 Å². The van der Waals surface area contributed by atoms with E-state index in [2.05, 4.69) is 26.5 Å². The van der Waals surface area contributed by atoms with Crippen molar-refractivity contribution in [2.75, 3.05) is 0 Å². The Labute approximate surface area is 138 Å². The smallest absolute Gasteiger partial charge is 0.333 e. The van der Waals surface area contributed by atoms with Crippen LogP contribution in [0.25, 0.3) is 0 Å². The summed E-state index contributed by atoms with van der Waals surface area (Å²) >= 11 is 3.26. The lowest BCUT2D eigenvalue weighted by atomic mass is 10.2. The number of hydrazone groups is 1. The van der Waals surface area contributed by atoms with E-state index in [0.717, 1.165) is 19.8 Å². The summed E-state index contributed by atoms with van der Waals surface area (Å²) in [7, 11) is 2.59. The Balaban J connectivity index is 2.25. The van der Waals surface area contributed by atoms with Gasteiger partial charge >= 0.3 is 5.69 Å². The van der Waals surface area contributed by atoms with Gasteiger partial charge in [0.1, 0.15) is 5.56 Å². The molecule has 23 heavy (non-hydrogen) atoms. The van der Waals surface area contributed by atoms with E-state index in [0.29, 0.717) is 5.56 Å². The number of halogens is 1. The zero-order valence-electron chi connectivity index (χ0n) is 12.3. The predicted octanol–water partition coefficient (Wildman–Crippen LogP) is 0.316. The minimum Gasteiger partial charge on any atom is -0.494 e. The van der Waals surface area contributed by atoms with Crippen LogP contribution in [0.5, 0.6) is 5.88 Å². The average molecular weight is 381 g/mol. The van der Waals surface area contributed by atoms with Gasteiger partial charge in [-0.2, -0.15) is 5.10 Å². The molecule has 0 saturated carbocycles. The van der Waals surface area contributed by atoms with Crippen molar-refractivity contribution in [2.45, 2.75) is 0 Å². The summed E-state index contributed by atoms with van der Waals surface area (Å²) in [4.78, 5) is 35.4. The summed E-state index contributed by atoms with van der Waals surface area (Å²) in [6, 6.07) is 6.59. The van der Waals surface area contributed by atoms with Crippen LogP contribution in [-0.4, -0.2) is 26.4 Å². The number of nitrogens with one attached hydrogen (secondary N) is 1. The van der Waals surface area contributed by atoms with E-state index < -0.39 is 23.0 Å². The summed E-state index contributed by atoms with van der Waals surface area (Å²) in [5.41, 5.74) is 1.04. The third-order valence-corrected chi connectivity index (χ3v) is 3.66. The minimum atomic E-state index is -0.716. The molecule has 0 bridgehead atoms. The highest BCUT2D eigenvalue weighted by Gasteiger charge is 2.13. The first-order valence-electron chi connectivity index (χ1n) is 6.41. The van der Waals surface area contributed by atoms with Crippen molar-refractivity contribution in [2.24, 2.45) is 19.2 Å². The van der Waals surface area contributed by atoms with Gasteiger partial charge in [-0.25, -0.2) is 10.2 Å². The standard InChI is InChI=1S/C14H13BrN4O4/c1-18-12(21)10(13(22)19(2)14(18)23)7-16-17-11(20)8-3-5-9(15)6-4-8/h3-7,21H,1-2H3,(H,17,20). The Morgan fingerprint density at radius 2 is 1.83 bits per heavy atom. The number of rotatable bonds is 3. The molecule has 0 unspecified atom stereocenters. The number of hydrogen-bond acceptors (Lipinski definition) is 5. The molecular weight excluding hydrogens is 368 g/mol. The van der Waals surface area contributed by atoms with Crippen molar-refractivity contribution in [3.63, 3.8) is 0 Å². The molecule has 0 atom stereocenters. The first-order chi connectivity index (χ1) is 10.8. The molecule has 9 heteroatoms. The van der Waals surface area contributed by atoms with Crippen LogP contribution in [0, 0.1) is 0 Å². The van der Waals surface area contributed by atoms with Gasteiger partial charge in [0, 0.05) is 24.1 Å². The lowest BCUT2D eigenvalue weighted by Gasteiger charge is -2.07. The number of amides is 1. The lowest BCUT2D eigenvalue weighted by Crippen LogP contribution is -2.38. The molecule has 1 aromatic heterocycles. The predicted molar refractivity (Wildman–Crippen MR) is 87.8 cm³/mol. The summed E-state index contributed by atoms with van der Waals surface area (Å²) in [6.07, 6.45) is 0.994. The van der Waals surface area contributed by atoms with Crippen LogP contribution in [0.4, 0.5) is 0 Å². The molecule has 0 aliphatic rings. The fourth-order valence-electron chi connectivity index (χ4n) is 1.79. The number of carbonyl (C=O) groups is 1. The van der Waals surface area contributed by atoms with Gasteiger partial charge < -0.3 is 5.11 Å². The quantitative estimate of drug-likeness (QED) is 0.590.